The summed E-state index contributed by atoms with van der Waals surface area (Å²) in [6.07, 6.45) is 0.625. The first-order valence-corrected chi connectivity index (χ1v) is 9.04. The lowest BCUT2D eigenvalue weighted by atomic mass is 9.98. The van der Waals surface area contributed by atoms with Crippen molar-refractivity contribution in [2.24, 2.45) is 0 Å². The highest BCUT2D eigenvalue weighted by molar-refractivity contribution is 6.32. The third-order valence-electron chi connectivity index (χ3n) is 3.94. The molecule has 1 aliphatic carbocycles. The molecule has 0 unspecified atom stereocenters. The van der Waals surface area contributed by atoms with Crippen LogP contribution in [0, 0.1) is 0 Å². The van der Waals surface area contributed by atoms with Gasteiger partial charge in [0.05, 0.1) is 11.1 Å². The minimum Gasteiger partial charge on any atom is -0.489 e. The lowest BCUT2D eigenvalue weighted by molar-refractivity contribution is -0.192. The number of carboxylic acid groups (broad SMARTS) is 2. The van der Waals surface area contributed by atoms with E-state index in [1.807, 2.05) is 0 Å². The third-order valence-corrected chi connectivity index (χ3v) is 4.25. The smallest absolute Gasteiger partial charge is 0.489 e. The molecular weight excluding hydrogens is 435 g/mol. The fraction of sp³-hybridized carbons (Fsp3) is 0.412. The van der Waals surface area contributed by atoms with Gasteiger partial charge in [0.1, 0.15) is 11.5 Å². The van der Waals surface area contributed by atoms with Crippen molar-refractivity contribution in [1.29, 1.82) is 0 Å². The molecule has 0 radical (unpaired) electrons. The Morgan fingerprint density at radius 2 is 1.80 bits per heavy atom. The first kappa shape index (κ1) is 23.3. The van der Waals surface area contributed by atoms with Crippen LogP contribution < -0.4 is 9.47 Å². The summed E-state index contributed by atoms with van der Waals surface area (Å²) in [4.78, 5) is 19.9. The molecule has 1 aromatic carbocycles. The summed E-state index contributed by atoms with van der Waals surface area (Å²) in [5.74, 6) is -3.15. The number of carboxylic acids is 2. The lowest BCUT2D eigenvalue weighted by Crippen LogP contribution is -2.21. The molecule has 1 aliphatic rings. The largest absolute Gasteiger partial charge is 0.490 e. The van der Waals surface area contributed by atoms with Crippen molar-refractivity contribution < 1.29 is 42.4 Å². The van der Waals surface area contributed by atoms with Gasteiger partial charge in [0, 0.05) is 6.07 Å². The first-order valence-electron chi connectivity index (χ1n) is 8.66. The Hall–Kier alpha value is -3.02. The highest BCUT2D eigenvalue weighted by Crippen LogP contribution is 2.34. The number of ether oxygens (including phenoxy) is 2. The van der Waals surface area contributed by atoms with E-state index in [2.05, 4.69) is 15.4 Å². The zero-order chi connectivity index (χ0) is 22.3. The molecule has 30 heavy (non-hydrogen) atoms. The molecular formula is C17H17ClF3N3O6. The number of halogens is 4. The predicted octanol–water partition coefficient (Wildman–Crippen LogP) is 4.29. The van der Waals surface area contributed by atoms with Gasteiger partial charge in [-0.15, -0.1) is 0 Å². The van der Waals surface area contributed by atoms with Crippen molar-refractivity contribution in [3.05, 3.63) is 28.9 Å². The summed E-state index contributed by atoms with van der Waals surface area (Å²) in [6.45, 7) is 0. The summed E-state index contributed by atoms with van der Waals surface area (Å²) in [6, 6.07) is 4.91. The normalized spacial score (nSPS) is 14.4. The molecule has 0 spiro atoms. The Bertz CT molecular complexity index is 884. The summed E-state index contributed by atoms with van der Waals surface area (Å²) < 4.78 is 43.2. The Kier molecular flexibility index (Phi) is 7.86. The van der Waals surface area contributed by atoms with Gasteiger partial charge in [-0.25, -0.2) is 14.7 Å². The maximum Gasteiger partial charge on any atom is 0.490 e. The number of aromatic amines is 1. The molecule has 0 aliphatic heterocycles. The van der Waals surface area contributed by atoms with Gasteiger partial charge in [0.15, 0.2) is 0 Å². The number of carbonyl (C=O) groups is 2. The van der Waals surface area contributed by atoms with Crippen LogP contribution in [0.4, 0.5) is 13.2 Å². The lowest BCUT2D eigenvalue weighted by Gasteiger charge is -2.23. The second-order valence-corrected chi connectivity index (χ2v) is 6.58. The molecule has 0 atom stereocenters. The zero-order valence-electron chi connectivity index (χ0n) is 15.3. The van der Waals surface area contributed by atoms with Crippen molar-refractivity contribution >= 4 is 23.5 Å². The number of H-pyrrole nitrogens is 1. The summed E-state index contributed by atoms with van der Waals surface area (Å²) in [5.41, 5.74) is -0.213. The molecule has 0 amide bonds. The average Bonchev–Trinajstić information content (AvgIpc) is 3.13. The second-order valence-electron chi connectivity index (χ2n) is 6.17. The van der Waals surface area contributed by atoms with Crippen LogP contribution in [-0.4, -0.2) is 49.8 Å². The van der Waals surface area contributed by atoms with Crippen molar-refractivity contribution in [2.45, 2.75) is 44.4 Å². The van der Waals surface area contributed by atoms with Crippen LogP contribution in [0.15, 0.2) is 18.2 Å². The Labute approximate surface area is 172 Å². The van der Waals surface area contributed by atoms with Crippen molar-refractivity contribution in [1.82, 2.24) is 15.4 Å². The number of aromatic carboxylic acids is 1. The molecule has 2 aromatic rings. The van der Waals surface area contributed by atoms with E-state index in [1.54, 1.807) is 18.2 Å². The van der Waals surface area contributed by atoms with Crippen LogP contribution in [0.5, 0.6) is 17.4 Å². The van der Waals surface area contributed by atoms with Gasteiger partial charge in [-0.05, 0) is 37.8 Å². The van der Waals surface area contributed by atoms with Gasteiger partial charge in [-0.2, -0.15) is 13.2 Å². The van der Waals surface area contributed by atoms with Crippen LogP contribution >= 0.6 is 11.6 Å². The van der Waals surface area contributed by atoms with Gasteiger partial charge < -0.3 is 19.7 Å². The van der Waals surface area contributed by atoms with E-state index in [0.717, 1.165) is 25.7 Å². The topological polar surface area (TPSA) is 135 Å². The maximum atomic E-state index is 11.0. The predicted molar refractivity (Wildman–Crippen MR) is 96.1 cm³/mol. The number of hydrogen-bond donors (Lipinski definition) is 3. The van der Waals surface area contributed by atoms with Gasteiger partial charge in [0.25, 0.3) is 5.88 Å². The van der Waals surface area contributed by atoms with Gasteiger partial charge in [0.2, 0.25) is 5.69 Å². The molecule has 1 saturated carbocycles. The summed E-state index contributed by atoms with van der Waals surface area (Å²) in [5, 5.41) is 26.0. The molecule has 3 rings (SSSR count). The molecule has 13 heteroatoms. The van der Waals surface area contributed by atoms with Crippen molar-refractivity contribution in [3.8, 4) is 17.4 Å². The molecule has 1 fully saturated rings. The van der Waals surface area contributed by atoms with E-state index in [9.17, 15) is 18.0 Å². The number of alkyl halides is 3. The van der Waals surface area contributed by atoms with Crippen molar-refractivity contribution in [3.63, 3.8) is 0 Å². The minimum atomic E-state index is -5.08. The van der Waals surface area contributed by atoms with E-state index in [0.29, 0.717) is 16.5 Å². The van der Waals surface area contributed by atoms with Gasteiger partial charge >= 0.3 is 18.1 Å². The van der Waals surface area contributed by atoms with E-state index in [1.165, 1.54) is 6.42 Å². The monoisotopic (exact) mass is 451 g/mol. The fourth-order valence-electron chi connectivity index (χ4n) is 2.54. The number of aliphatic carboxylic acids is 1. The number of benzene rings is 1. The van der Waals surface area contributed by atoms with E-state index in [4.69, 9.17) is 36.1 Å². The van der Waals surface area contributed by atoms with Crippen LogP contribution in [-0.2, 0) is 4.79 Å². The molecule has 3 N–H and O–H groups in total. The van der Waals surface area contributed by atoms with E-state index in [-0.39, 0.29) is 17.7 Å². The second kappa shape index (κ2) is 10.1. The van der Waals surface area contributed by atoms with Crippen LogP contribution in [0.25, 0.3) is 0 Å². The molecule has 0 saturated heterocycles. The van der Waals surface area contributed by atoms with Crippen LogP contribution in [0.2, 0.25) is 5.02 Å². The Morgan fingerprint density at radius 1 is 1.17 bits per heavy atom. The quantitative estimate of drug-likeness (QED) is 0.612. The van der Waals surface area contributed by atoms with Gasteiger partial charge in [-0.3, -0.25) is 0 Å². The maximum absolute atomic E-state index is 11.0. The number of hydrogen-bond acceptors (Lipinski definition) is 6. The summed E-state index contributed by atoms with van der Waals surface area (Å²) in [7, 11) is 0. The van der Waals surface area contributed by atoms with E-state index >= 15 is 0 Å². The van der Waals surface area contributed by atoms with Crippen molar-refractivity contribution in [2.75, 3.05) is 0 Å². The van der Waals surface area contributed by atoms with E-state index < -0.39 is 18.1 Å². The third kappa shape index (κ3) is 6.79. The van der Waals surface area contributed by atoms with Gasteiger partial charge in [-0.1, -0.05) is 28.3 Å². The molecule has 1 heterocycles. The molecule has 1 aromatic heterocycles. The van der Waals surface area contributed by atoms with Crippen LogP contribution in [0.1, 0.15) is 42.6 Å². The number of rotatable bonds is 5. The molecule has 9 nitrogen and oxygen atoms in total. The summed E-state index contributed by atoms with van der Waals surface area (Å²) >= 11 is 6.17. The SMILES string of the molecule is O=C(O)C(F)(F)F.O=C(O)c1[nH]nnc1Oc1ccc(Cl)c(OC2CCCCC2)c1. The highest BCUT2D eigenvalue weighted by Gasteiger charge is 2.38. The number of nitrogens with zero attached hydrogens (tertiary/aromatic N) is 2. The Morgan fingerprint density at radius 3 is 2.37 bits per heavy atom. The number of aromatic nitrogens is 3. The Balaban J connectivity index is 0.000000396. The first-order chi connectivity index (χ1) is 14.1. The average molecular weight is 452 g/mol. The van der Waals surface area contributed by atoms with Crippen LogP contribution in [0.3, 0.4) is 0 Å². The standard InChI is InChI=1S/C15H16ClN3O4.C2HF3O2/c16-11-7-6-10(23-14-13(15(20)21)17-19-18-14)8-12(11)22-9-4-2-1-3-5-9;3-2(4,5)1(6)7/h6-9H,1-5H2,(H,20,21)(H,17,18,19);(H,6,7). The number of nitrogens with one attached hydrogen (secondary N) is 1. The minimum absolute atomic E-state index is 0.108. The molecule has 0 bridgehead atoms. The fourth-order valence-corrected chi connectivity index (χ4v) is 2.70. The molecule has 164 valence electrons. The zero-order valence-corrected chi connectivity index (χ0v) is 16.0. The highest BCUT2D eigenvalue weighted by atomic mass is 35.5.